The quantitative estimate of drug-likeness (QED) is 0.741. The molecule has 1 aliphatic heterocycles. The van der Waals surface area contributed by atoms with E-state index < -0.39 is 0 Å². The minimum atomic E-state index is 0.156. The number of hydrogen-bond acceptors (Lipinski definition) is 3. The summed E-state index contributed by atoms with van der Waals surface area (Å²) < 4.78 is 5.47. The number of nitrogens with zero attached hydrogens (tertiary/aromatic N) is 1. The summed E-state index contributed by atoms with van der Waals surface area (Å²) in [6.45, 7) is 10.3. The standard InChI is InChI=1S/C11H24N2O/c1-4-5-10(12)8-13-6-7-14-9-11(13,2)3/h10H,4-9,12H2,1-3H3. The lowest BCUT2D eigenvalue weighted by molar-refractivity contribution is -0.0532. The highest BCUT2D eigenvalue weighted by Crippen LogP contribution is 2.19. The fourth-order valence-electron chi connectivity index (χ4n) is 1.97. The van der Waals surface area contributed by atoms with Crippen molar-refractivity contribution in [2.45, 2.75) is 45.2 Å². The third-order valence-electron chi connectivity index (χ3n) is 2.93. The van der Waals surface area contributed by atoms with Crippen molar-refractivity contribution in [1.29, 1.82) is 0 Å². The van der Waals surface area contributed by atoms with Crippen molar-refractivity contribution in [2.24, 2.45) is 5.73 Å². The molecule has 0 aromatic heterocycles. The van der Waals surface area contributed by atoms with Gasteiger partial charge in [-0.3, -0.25) is 4.90 Å². The van der Waals surface area contributed by atoms with E-state index in [4.69, 9.17) is 10.5 Å². The van der Waals surface area contributed by atoms with Crippen LogP contribution in [0.25, 0.3) is 0 Å². The van der Waals surface area contributed by atoms with Crippen molar-refractivity contribution in [3.63, 3.8) is 0 Å². The molecule has 1 unspecified atom stereocenters. The van der Waals surface area contributed by atoms with Crippen LogP contribution in [0.1, 0.15) is 33.6 Å². The summed E-state index contributed by atoms with van der Waals surface area (Å²) in [4.78, 5) is 2.46. The fourth-order valence-corrected chi connectivity index (χ4v) is 1.97. The van der Waals surface area contributed by atoms with Crippen molar-refractivity contribution < 1.29 is 4.74 Å². The van der Waals surface area contributed by atoms with E-state index in [1.165, 1.54) is 6.42 Å². The van der Waals surface area contributed by atoms with Crippen molar-refractivity contribution in [1.82, 2.24) is 4.90 Å². The number of morpholine rings is 1. The predicted octanol–water partition coefficient (Wildman–Crippen LogP) is 1.22. The van der Waals surface area contributed by atoms with E-state index in [1.807, 2.05) is 0 Å². The highest BCUT2D eigenvalue weighted by Gasteiger charge is 2.30. The Morgan fingerprint density at radius 1 is 1.50 bits per heavy atom. The number of rotatable bonds is 4. The van der Waals surface area contributed by atoms with Gasteiger partial charge < -0.3 is 10.5 Å². The van der Waals surface area contributed by atoms with Gasteiger partial charge in [0, 0.05) is 24.7 Å². The normalized spacial score (nSPS) is 24.9. The lowest BCUT2D eigenvalue weighted by Crippen LogP contribution is -2.56. The van der Waals surface area contributed by atoms with E-state index in [2.05, 4.69) is 25.7 Å². The maximum atomic E-state index is 6.05. The smallest absolute Gasteiger partial charge is 0.0645 e. The Balaban J connectivity index is 2.41. The summed E-state index contributed by atoms with van der Waals surface area (Å²) in [5.74, 6) is 0. The van der Waals surface area contributed by atoms with Gasteiger partial charge in [0.1, 0.15) is 0 Å². The van der Waals surface area contributed by atoms with E-state index >= 15 is 0 Å². The first kappa shape index (κ1) is 12.0. The molecule has 1 heterocycles. The first-order chi connectivity index (χ1) is 6.56. The zero-order valence-corrected chi connectivity index (χ0v) is 9.75. The topological polar surface area (TPSA) is 38.5 Å². The summed E-state index contributed by atoms with van der Waals surface area (Å²) in [5.41, 5.74) is 6.21. The number of nitrogens with two attached hydrogens (primary N) is 1. The molecular weight excluding hydrogens is 176 g/mol. The molecule has 0 aliphatic carbocycles. The summed E-state index contributed by atoms with van der Waals surface area (Å²) in [7, 11) is 0. The Morgan fingerprint density at radius 2 is 2.21 bits per heavy atom. The van der Waals surface area contributed by atoms with Crippen molar-refractivity contribution in [2.75, 3.05) is 26.3 Å². The Bertz CT molecular complexity index is 171. The lowest BCUT2D eigenvalue weighted by Gasteiger charge is -2.43. The average Bonchev–Trinajstić information content (AvgIpc) is 2.09. The molecule has 1 atom stereocenters. The van der Waals surface area contributed by atoms with Crippen molar-refractivity contribution in [3.8, 4) is 0 Å². The molecule has 0 radical (unpaired) electrons. The van der Waals surface area contributed by atoms with Crippen LogP contribution in [0, 0.1) is 0 Å². The summed E-state index contributed by atoms with van der Waals surface area (Å²) >= 11 is 0. The SMILES string of the molecule is CCCC(N)CN1CCOCC1(C)C. The first-order valence-electron chi connectivity index (χ1n) is 5.64. The van der Waals surface area contributed by atoms with Crippen LogP contribution >= 0.6 is 0 Å². The minimum absolute atomic E-state index is 0.156. The molecule has 0 spiro atoms. The monoisotopic (exact) mass is 200 g/mol. The Labute approximate surface area is 87.6 Å². The molecule has 0 aromatic carbocycles. The third-order valence-corrected chi connectivity index (χ3v) is 2.93. The molecule has 1 fully saturated rings. The van der Waals surface area contributed by atoms with E-state index in [-0.39, 0.29) is 5.54 Å². The predicted molar refractivity (Wildman–Crippen MR) is 59.4 cm³/mol. The molecule has 3 nitrogen and oxygen atoms in total. The van der Waals surface area contributed by atoms with Crippen LogP contribution in [-0.4, -0.2) is 42.8 Å². The van der Waals surface area contributed by atoms with Crippen LogP contribution in [-0.2, 0) is 4.74 Å². The van der Waals surface area contributed by atoms with Crippen LogP contribution in [0.3, 0.4) is 0 Å². The Morgan fingerprint density at radius 3 is 2.79 bits per heavy atom. The molecule has 0 aromatic rings. The van der Waals surface area contributed by atoms with Gasteiger partial charge in [0.05, 0.1) is 13.2 Å². The second kappa shape index (κ2) is 5.10. The molecule has 1 rings (SSSR count). The van der Waals surface area contributed by atoms with Crippen molar-refractivity contribution >= 4 is 0 Å². The maximum absolute atomic E-state index is 6.05. The largest absolute Gasteiger partial charge is 0.378 e. The van der Waals surface area contributed by atoms with E-state index in [0.717, 1.165) is 32.7 Å². The summed E-state index contributed by atoms with van der Waals surface area (Å²) in [6, 6.07) is 0.317. The van der Waals surface area contributed by atoms with Gasteiger partial charge in [0.2, 0.25) is 0 Å². The summed E-state index contributed by atoms with van der Waals surface area (Å²) in [6.07, 6.45) is 2.29. The second-order valence-corrected chi connectivity index (χ2v) is 4.86. The van der Waals surface area contributed by atoms with Gasteiger partial charge in [-0.1, -0.05) is 13.3 Å². The van der Waals surface area contributed by atoms with Gasteiger partial charge in [-0.15, -0.1) is 0 Å². The third kappa shape index (κ3) is 3.23. The summed E-state index contributed by atoms with van der Waals surface area (Å²) in [5, 5.41) is 0. The molecule has 0 saturated carbocycles. The minimum Gasteiger partial charge on any atom is -0.378 e. The average molecular weight is 200 g/mol. The van der Waals surface area contributed by atoms with Crippen LogP contribution in [0.2, 0.25) is 0 Å². The molecule has 3 heteroatoms. The molecule has 14 heavy (non-hydrogen) atoms. The lowest BCUT2D eigenvalue weighted by atomic mass is 10.0. The van der Waals surface area contributed by atoms with Crippen LogP contribution in [0.15, 0.2) is 0 Å². The highest BCUT2D eigenvalue weighted by molar-refractivity contribution is 4.86. The van der Waals surface area contributed by atoms with E-state index in [0.29, 0.717) is 6.04 Å². The van der Waals surface area contributed by atoms with Crippen molar-refractivity contribution in [3.05, 3.63) is 0 Å². The van der Waals surface area contributed by atoms with Crippen LogP contribution in [0.5, 0.6) is 0 Å². The zero-order chi connectivity index (χ0) is 10.6. The zero-order valence-electron chi connectivity index (χ0n) is 9.75. The van der Waals surface area contributed by atoms with Crippen LogP contribution in [0.4, 0.5) is 0 Å². The molecule has 0 amide bonds. The molecule has 84 valence electrons. The van der Waals surface area contributed by atoms with Crippen LogP contribution < -0.4 is 5.73 Å². The highest BCUT2D eigenvalue weighted by atomic mass is 16.5. The molecule has 1 aliphatic rings. The van der Waals surface area contributed by atoms with E-state index in [9.17, 15) is 0 Å². The number of ether oxygens (including phenoxy) is 1. The Hall–Kier alpha value is -0.120. The Kier molecular flexibility index (Phi) is 4.35. The fraction of sp³-hybridized carbons (Fsp3) is 1.00. The van der Waals surface area contributed by atoms with Gasteiger partial charge in [0.25, 0.3) is 0 Å². The van der Waals surface area contributed by atoms with Gasteiger partial charge in [-0.05, 0) is 20.3 Å². The molecule has 0 bridgehead atoms. The second-order valence-electron chi connectivity index (χ2n) is 4.86. The van der Waals surface area contributed by atoms with Gasteiger partial charge in [0.15, 0.2) is 0 Å². The van der Waals surface area contributed by atoms with E-state index in [1.54, 1.807) is 0 Å². The molecule has 1 saturated heterocycles. The molecular formula is C11H24N2O. The molecule has 2 N–H and O–H groups in total. The first-order valence-corrected chi connectivity index (χ1v) is 5.64. The van der Waals surface area contributed by atoms with Gasteiger partial charge in [-0.2, -0.15) is 0 Å². The number of hydrogen-bond donors (Lipinski definition) is 1. The van der Waals surface area contributed by atoms with Gasteiger partial charge >= 0.3 is 0 Å². The van der Waals surface area contributed by atoms with Gasteiger partial charge in [-0.25, -0.2) is 0 Å². The maximum Gasteiger partial charge on any atom is 0.0645 e.